The van der Waals surface area contributed by atoms with E-state index < -0.39 is 5.91 Å². The van der Waals surface area contributed by atoms with Crippen LogP contribution < -0.4 is 11.1 Å². The predicted octanol–water partition coefficient (Wildman–Crippen LogP) is 2.54. The van der Waals surface area contributed by atoms with Crippen LogP contribution in [-0.2, 0) is 6.54 Å². The number of amides is 1. The van der Waals surface area contributed by atoms with E-state index in [0.717, 1.165) is 11.3 Å². The standard InChI is InChI=1S/C14H13FN2O/c15-12-5-1-3-10(7-12)9-17-13-6-2-4-11(8-13)14(16)18/h1-8,17H,9H2,(H2,16,18). The molecule has 92 valence electrons. The second-order valence-corrected chi connectivity index (χ2v) is 3.93. The summed E-state index contributed by atoms with van der Waals surface area (Å²) in [6.45, 7) is 0.486. The molecule has 0 fully saturated rings. The first kappa shape index (κ1) is 12.1. The molecule has 0 heterocycles. The zero-order valence-electron chi connectivity index (χ0n) is 9.69. The molecule has 4 heteroatoms. The molecule has 0 saturated carbocycles. The lowest BCUT2D eigenvalue weighted by Crippen LogP contribution is -2.11. The highest BCUT2D eigenvalue weighted by atomic mass is 19.1. The molecule has 0 aliphatic heterocycles. The lowest BCUT2D eigenvalue weighted by molar-refractivity contribution is 0.100. The maximum absolute atomic E-state index is 13.0. The maximum Gasteiger partial charge on any atom is 0.248 e. The molecular weight excluding hydrogens is 231 g/mol. The van der Waals surface area contributed by atoms with E-state index in [9.17, 15) is 9.18 Å². The number of hydrogen-bond donors (Lipinski definition) is 2. The van der Waals surface area contributed by atoms with Crippen molar-refractivity contribution in [3.8, 4) is 0 Å². The predicted molar refractivity (Wildman–Crippen MR) is 68.7 cm³/mol. The summed E-state index contributed by atoms with van der Waals surface area (Å²) in [4.78, 5) is 11.0. The molecule has 3 nitrogen and oxygen atoms in total. The van der Waals surface area contributed by atoms with Crippen molar-refractivity contribution in [1.82, 2.24) is 0 Å². The van der Waals surface area contributed by atoms with Gasteiger partial charge >= 0.3 is 0 Å². The quantitative estimate of drug-likeness (QED) is 0.868. The monoisotopic (exact) mass is 244 g/mol. The van der Waals surface area contributed by atoms with Gasteiger partial charge in [0.05, 0.1) is 0 Å². The summed E-state index contributed by atoms with van der Waals surface area (Å²) < 4.78 is 13.0. The van der Waals surface area contributed by atoms with Crippen molar-refractivity contribution in [1.29, 1.82) is 0 Å². The minimum atomic E-state index is -0.468. The number of nitrogens with two attached hydrogens (primary N) is 1. The average Bonchev–Trinajstić information content (AvgIpc) is 2.37. The second kappa shape index (κ2) is 5.31. The van der Waals surface area contributed by atoms with Gasteiger partial charge in [0, 0.05) is 17.8 Å². The van der Waals surface area contributed by atoms with Crippen molar-refractivity contribution in [2.75, 3.05) is 5.32 Å². The highest BCUT2D eigenvalue weighted by Gasteiger charge is 2.01. The zero-order chi connectivity index (χ0) is 13.0. The molecule has 0 atom stereocenters. The molecule has 0 bridgehead atoms. The Bertz CT molecular complexity index is 569. The van der Waals surface area contributed by atoms with E-state index in [-0.39, 0.29) is 5.82 Å². The molecule has 2 rings (SSSR count). The number of carbonyl (C=O) groups excluding carboxylic acids is 1. The molecule has 3 N–H and O–H groups in total. The number of anilines is 1. The van der Waals surface area contributed by atoms with Crippen LogP contribution in [0.4, 0.5) is 10.1 Å². The molecular formula is C14H13FN2O. The van der Waals surface area contributed by atoms with Gasteiger partial charge < -0.3 is 11.1 Å². The Balaban J connectivity index is 2.06. The first-order valence-corrected chi connectivity index (χ1v) is 5.53. The van der Waals surface area contributed by atoms with E-state index in [2.05, 4.69) is 5.32 Å². The van der Waals surface area contributed by atoms with Crippen molar-refractivity contribution < 1.29 is 9.18 Å². The lowest BCUT2D eigenvalue weighted by atomic mass is 10.1. The van der Waals surface area contributed by atoms with Gasteiger partial charge in [-0.2, -0.15) is 0 Å². The molecule has 2 aromatic carbocycles. The third-order valence-corrected chi connectivity index (χ3v) is 2.53. The van der Waals surface area contributed by atoms with E-state index in [1.165, 1.54) is 12.1 Å². The van der Waals surface area contributed by atoms with E-state index in [1.807, 2.05) is 12.1 Å². The summed E-state index contributed by atoms with van der Waals surface area (Å²) >= 11 is 0. The van der Waals surface area contributed by atoms with Crippen LogP contribution in [-0.4, -0.2) is 5.91 Å². The molecule has 0 spiro atoms. The van der Waals surface area contributed by atoms with Crippen molar-refractivity contribution in [3.05, 3.63) is 65.5 Å². The van der Waals surface area contributed by atoms with Crippen LogP contribution in [0.5, 0.6) is 0 Å². The number of carbonyl (C=O) groups is 1. The fourth-order valence-electron chi connectivity index (χ4n) is 1.63. The Kier molecular flexibility index (Phi) is 3.57. The summed E-state index contributed by atoms with van der Waals surface area (Å²) in [5.41, 5.74) is 7.24. The molecule has 18 heavy (non-hydrogen) atoms. The fourth-order valence-corrected chi connectivity index (χ4v) is 1.63. The molecule has 0 aromatic heterocycles. The molecule has 0 aliphatic carbocycles. The minimum absolute atomic E-state index is 0.264. The number of nitrogens with one attached hydrogen (secondary N) is 1. The van der Waals surface area contributed by atoms with Crippen LogP contribution >= 0.6 is 0 Å². The van der Waals surface area contributed by atoms with E-state index in [0.29, 0.717) is 12.1 Å². The van der Waals surface area contributed by atoms with E-state index >= 15 is 0 Å². The summed E-state index contributed by atoms with van der Waals surface area (Å²) in [5.74, 6) is -0.732. The third kappa shape index (κ3) is 3.07. The van der Waals surface area contributed by atoms with Crippen molar-refractivity contribution in [3.63, 3.8) is 0 Å². The van der Waals surface area contributed by atoms with Crippen molar-refractivity contribution in [2.24, 2.45) is 5.73 Å². The fraction of sp³-hybridized carbons (Fsp3) is 0.0714. The van der Waals surface area contributed by atoms with Crippen LogP contribution in [0.25, 0.3) is 0 Å². The summed E-state index contributed by atoms with van der Waals surface area (Å²) in [7, 11) is 0. The van der Waals surface area contributed by atoms with Crippen LogP contribution in [0, 0.1) is 5.82 Å². The van der Waals surface area contributed by atoms with Crippen LogP contribution in [0.15, 0.2) is 48.5 Å². The normalized spacial score (nSPS) is 10.1. The highest BCUT2D eigenvalue weighted by Crippen LogP contribution is 2.12. The van der Waals surface area contributed by atoms with Gasteiger partial charge in [0.25, 0.3) is 0 Å². The molecule has 1 amide bonds. The Morgan fingerprint density at radius 2 is 1.94 bits per heavy atom. The highest BCUT2D eigenvalue weighted by molar-refractivity contribution is 5.93. The molecule has 0 unspecified atom stereocenters. The largest absolute Gasteiger partial charge is 0.381 e. The second-order valence-electron chi connectivity index (χ2n) is 3.93. The van der Waals surface area contributed by atoms with Gasteiger partial charge in [-0.25, -0.2) is 4.39 Å². The van der Waals surface area contributed by atoms with Crippen LogP contribution in [0.3, 0.4) is 0 Å². The maximum atomic E-state index is 13.0. The summed E-state index contributed by atoms with van der Waals surface area (Å²) in [6, 6.07) is 13.2. The van der Waals surface area contributed by atoms with Gasteiger partial charge in [-0.05, 0) is 35.9 Å². The molecule has 0 radical (unpaired) electrons. The van der Waals surface area contributed by atoms with Gasteiger partial charge in [-0.3, -0.25) is 4.79 Å². The van der Waals surface area contributed by atoms with Gasteiger partial charge in [-0.15, -0.1) is 0 Å². The first-order valence-electron chi connectivity index (χ1n) is 5.53. The Morgan fingerprint density at radius 1 is 1.17 bits per heavy atom. The van der Waals surface area contributed by atoms with Gasteiger partial charge in [0.1, 0.15) is 5.82 Å². The number of halogens is 1. The Morgan fingerprint density at radius 3 is 2.67 bits per heavy atom. The molecule has 2 aromatic rings. The first-order chi connectivity index (χ1) is 8.65. The van der Waals surface area contributed by atoms with Crippen molar-refractivity contribution in [2.45, 2.75) is 6.54 Å². The van der Waals surface area contributed by atoms with E-state index in [4.69, 9.17) is 5.73 Å². The Hall–Kier alpha value is -2.36. The van der Waals surface area contributed by atoms with Gasteiger partial charge in [0.2, 0.25) is 5.91 Å². The van der Waals surface area contributed by atoms with Gasteiger partial charge in [0.15, 0.2) is 0 Å². The third-order valence-electron chi connectivity index (χ3n) is 2.53. The minimum Gasteiger partial charge on any atom is -0.381 e. The SMILES string of the molecule is NC(=O)c1cccc(NCc2cccc(F)c2)c1. The molecule has 0 saturated heterocycles. The Labute approximate surface area is 104 Å². The summed E-state index contributed by atoms with van der Waals surface area (Å²) in [5, 5.41) is 3.11. The van der Waals surface area contributed by atoms with Crippen molar-refractivity contribution >= 4 is 11.6 Å². The lowest BCUT2D eigenvalue weighted by Gasteiger charge is -2.07. The topological polar surface area (TPSA) is 55.1 Å². The zero-order valence-corrected chi connectivity index (χ0v) is 9.69. The number of rotatable bonds is 4. The van der Waals surface area contributed by atoms with Gasteiger partial charge in [-0.1, -0.05) is 18.2 Å². The smallest absolute Gasteiger partial charge is 0.248 e. The molecule has 0 aliphatic rings. The summed E-state index contributed by atoms with van der Waals surface area (Å²) in [6.07, 6.45) is 0. The van der Waals surface area contributed by atoms with E-state index in [1.54, 1.807) is 24.3 Å². The van der Waals surface area contributed by atoms with Crippen LogP contribution in [0.1, 0.15) is 15.9 Å². The number of primary amides is 1. The average molecular weight is 244 g/mol. The number of hydrogen-bond acceptors (Lipinski definition) is 2. The number of benzene rings is 2. The van der Waals surface area contributed by atoms with Crippen LogP contribution in [0.2, 0.25) is 0 Å².